The van der Waals surface area contributed by atoms with E-state index < -0.39 is 0 Å². The highest BCUT2D eigenvalue weighted by Gasteiger charge is 2.41. The molecule has 1 saturated heterocycles. The number of aryl methyl sites for hydroxylation is 2. The third-order valence-corrected chi connectivity index (χ3v) is 9.85. The first kappa shape index (κ1) is 29.5. The minimum absolute atomic E-state index is 0.0382. The smallest absolute Gasteiger partial charge is 0.273 e. The van der Waals surface area contributed by atoms with Crippen molar-refractivity contribution in [3.63, 3.8) is 0 Å². The number of aromatic nitrogens is 1. The molecule has 2 N–H and O–H groups in total. The number of nitrogens with one attached hydrogen (secondary N) is 2. The SMILES string of the molecule is Cc1cc(Cl)c(OCCOc2ncc(C3=C(C(=O)N(Cc4cccc(C)c4C)C4CC4)[C@@H]4CNC[C@H](C3)N4)s2)c(Cl)c1. The maximum absolute atomic E-state index is 14.4. The first-order valence-corrected chi connectivity index (χ1v) is 16.1. The zero-order valence-electron chi connectivity index (χ0n) is 24.1. The van der Waals surface area contributed by atoms with E-state index in [1.54, 1.807) is 0 Å². The van der Waals surface area contributed by atoms with Gasteiger partial charge in [0.15, 0.2) is 5.75 Å². The van der Waals surface area contributed by atoms with E-state index in [1.165, 1.54) is 28.0 Å². The molecule has 222 valence electrons. The van der Waals surface area contributed by atoms with Gasteiger partial charge in [-0.15, -0.1) is 0 Å². The van der Waals surface area contributed by atoms with Crippen LogP contribution in [0.3, 0.4) is 0 Å². The molecule has 1 amide bonds. The van der Waals surface area contributed by atoms with Crippen LogP contribution in [0.25, 0.3) is 5.57 Å². The molecule has 2 atom stereocenters. The fourth-order valence-corrected chi connectivity index (χ4v) is 7.40. The number of piperazine rings is 1. The van der Waals surface area contributed by atoms with Gasteiger partial charge >= 0.3 is 0 Å². The van der Waals surface area contributed by atoms with Crippen LogP contribution in [0, 0.1) is 20.8 Å². The summed E-state index contributed by atoms with van der Waals surface area (Å²) in [6.45, 7) is 9.01. The normalized spacial score (nSPS) is 20.0. The number of carbonyl (C=O) groups excluding carboxylic acids is 1. The predicted octanol–water partition coefficient (Wildman–Crippen LogP) is 6.11. The molecule has 0 spiro atoms. The number of rotatable bonds is 10. The lowest BCUT2D eigenvalue weighted by molar-refractivity contribution is -0.128. The molecule has 7 nitrogen and oxygen atoms in total. The number of amides is 1. The Morgan fingerprint density at radius 1 is 1.10 bits per heavy atom. The van der Waals surface area contributed by atoms with Crippen molar-refractivity contribution in [1.29, 1.82) is 0 Å². The quantitative estimate of drug-likeness (QED) is 0.264. The van der Waals surface area contributed by atoms with Crippen LogP contribution in [0.5, 0.6) is 10.9 Å². The monoisotopic (exact) mass is 626 g/mol. The highest BCUT2D eigenvalue weighted by Crippen LogP contribution is 2.39. The Hall–Kier alpha value is -2.62. The summed E-state index contributed by atoms with van der Waals surface area (Å²) in [5.74, 6) is 0.584. The van der Waals surface area contributed by atoms with E-state index in [-0.39, 0.29) is 30.6 Å². The number of nitrogens with zero attached hydrogens (tertiary/aromatic N) is 2. The van der Waals surface area contributed by atoms with Crippen molar-refractivity contribution in [2.24, 2.45) is 0 Å². The summed E-state index contributed by atoms with van der Waals surface area (Å²) in [6, 6.07) is 10.5. The number of thiazole rings is 1. The molecule has 1 saturated carbocycles. The fourth-order valence-electron chi connectivity index (χ4n) is 5.83. The average molecular weight is 628 g/mol. The molecule has 10 heteroatoms. The Balaban J connectivity index is 1.21. The largest absolute Gasteiger partial charge is 0.487 e. The van der Waals surface area contributed by atoms with Gasteiger partial charge in [-0.3, -0.25) is 4.79 Å². The molecule has 1 aliphatic carbocycles. The number of carbonyl (C=O) groups is 1. The molecule has 3 aliphatic rings. The van der Waals surface area contributed by atoms with Crippen molar-refractivity contribution in [3.8, 4) is 10.9 Å². The van der Waals surface area contributed by atoms with Crippen LogP contribution < -0.4 is 20.1 Å². The lowest BCUT2D eigenvalue weighted by atomic mass is 9.86. The lowest BCUT2D eigenvalue weighted by Crippen LogP contribution is -2.59. The second kappa shape index (κ2) is 12.5. The minimum Gasteiger partial charge on any atom is -0.487 e. The summed E-state index contributed by atoms with van der Waals surface area (Å²) in [5.41, 5.74) is 6.64. The first-order valence-electron chi connectivity index (χ1n) is 14.5. The van der Waals surface area contributed by atoms with Gasteiger partial charge in [-0.2, -0.15) is 0 Å². The average Bonchev–Trinajstić information content (AvgIpc) is 3.69. The minimum atomic E-state index is -0.0382. The molecule has 3 aromatic rings. The highest BCUT2D eigenvalue weighted by atomic mass is 35.5. The highest BCUT2D eigenvalue weighted by molar-refractivity contribution is 7.14. The zero-order valence-corrected chi connectivity index (χ0v) is 26.5. The van der Waals surface area contributed by atoms with Gasteiger partial charge in [0.2, 0.25) is 0 Å². The van der Waals surface area contributed by atoms with E-state index in [1.807, 2.05) is 25.3 Å². The summed E-state index contributed by atoms with van der Waals surface area (Å²) < 4.78 is 11.7. The third-order valence-electron chi connectivity index (χ3n) is 8.32. The van der Waals surface area contributed by atoms with Crippen LogP contribution in [0.4, 0.5) is 0 Å². The van der Waals surface area contributed by atoms with Gasteiger partial charge in [0.05, 0.1) is 21.0 Å². The number of fused-ring (bicyclic) bond motifs is 2. The second-order valence-corrected chi connectivity index (χ2v) is 13.2. The first-order chi connectivity index (χ1) is 20.3. The van der Waals surface area contributed by atoms with E-state index in [2.05, 4.69) is 52.6 Å². The number of halogens is 2. The Labute approximate surface area is 261 Å². The van der Waals surface area contributed by atoms with Crippen molar-refractivity contribution in [1.82, 2.24) is 20.5 Å². The van der Waals surface area contributed by atoms with Crippen LogP contribution >= 0.6 is 34.5 Å². The number of hydrogen-bond donors (Lipinski definition) is 2. The zero-order chi connectivity index (χ0) is 29.4. The Bertz CT molecular complexity index is 1500. The molecule has 0 radical (unpaired) electrons. The summed E-state index contributed by atoms with van der Waals surface area (Å²) in [6.07, 6.45) is 4.72. The molecule has 2 fully saturated rings. The molecule has 3 heterocycles. The van der Waals surface area contributed by atoms with Gasteiger partial charge in [0, 0.05) is 43.5 Å². The number of hydrogen-bond acceptors (Lipinski definition) is 7. The van der Waals surface area contributed by atoms with E-state index >= 15 is 0 Å². The van der Waals surface area contributed by atoms with Gasteiger partial charge in [0.25, 0.3) is 11.1 Å². The van der Waals surface area contributed by atoms with Gasteiger partial charge in [-0.1, -0.05) is 52.7 Å². The fraction of sp³-hybridized carbons (Fsp3) is 0.438. The molecule has 1 aromatic heterocycles. The van der Waals surface area contributed by atoms with Gasteiger partial charge in [-0.05, 0) is 80.0 Å². The number of ether oxygens (including phenoxy) is 2. The summed E-state index contributed by atoms with van der Waals surface area (Å²) in [4.78, 5) is 22.0. The van der Waals surface area contributed by atoms with Crippen molar-refractivity contribution >= 4 is 46.0 Å². The summed E-state index contributed by atoms with van der Waals surface area (Å²) in [7, 11) is 0. The molecule has 6 rings (SSSR count). The Morgan fingerprint density at radius 3 is 2.62 bits per heavy atom. The molecule has 42 heavy (non-hydrogen) atoms. The molecule has 2 bridgehead atoms. The predicted molar refractivity (Wildman–Crippen MR) is 169 cm³/mol. The van der Waals surface area contributed by atoms with Gasteiger partial charge in [0.1, 0.15) is 13.2 Å². The maximum Gasteiger partial charge on any atom is 0.273 e. The van der Waals surface area contributed by atoms with Gasteiger partial charge < -0.3 is 25.0 Å². The van der Waals surface area contributed by atoms with Gasteiger partial charge in [-0.25, -0.2) is 4.98 Å². The van der Waals surface area contributed by atoms with E-state index in [0.717, 1.165) is 53.9 Å². The standard InChI is InChI=1S/C32H36Cl2N4O3S/c1-18-11-25(33)30(26(34)12-18)40-9-10-41-32-36-16-28(42-32)24-13-22-14-35-15-27(37-22)29(24)31(39)38(23-7-8-23)17-21-6-4-5-19(2)20(21)3/h4-6,11-12,16,22-23,27,35,37H,7-10,13-15,17H2,1-3H3/t22-,27-/m0/s1. The van der Waals surface area contributed by atoms with Crippen LogP contribution in [0.1, 0.15) is 46.4 Å². The molecular formula is C32H36Cl2N4O3S. The van der Waals surface area contributed by atoms with Crippen LogP contribution in [-0.2, 0) is 11.3 Å². The molecular weight excluding hydrogens is 591 g/mol. The third kappa shape index (κ3) is 6.33. The molecule has 2 aromatic carbocycles. The number of benzene rings is 2. The van der Waals surface area contributed by atoms with E-state index in [0.29, 0.717) is 34.1 Å². The lowest BCUT2D eigenvalue weighted by Gasteiger charge is -2.40. The van der Waals surface area contributed by atoms with E-state index in [9.17, 15) is 4.79 Å². The van der Waals surface area contributed by atoms with Crippen molar-refractivity contribution < 1.29 is 14.3 Å². The van der Waals surface area contributed by atoms with Crippen molar-refractivity contribution in [2.75, 3.05) is 26.3 Å². The second-order valence-electron chi connectivity index (χ2n) is 11.4. The Kier molecular flexibility index (Phi) is 8.80. The van der Waals surface area contributed by atoms with E-state index in [4.69, 9.17) is 32.7 Å². The summed E-state index contributed by atoms with van der Waals surface area (Å²) >= 11 is 14.1. The van der Waals surface area contributed by atoms with Crippen molar-refractivity contribution in [3.05, 3.63) is 79.3 Å². The topological polar surface area (TPSA) is 75.7 Å². The maximum atomic E-state index is 14.4. The van der Waals surface area contributed by atoms with Crippen LogP contribution in [0.15, 0.2) is 42.1 Å². The van der Waals surface area contributed by atoms with Crippen LogP contribution in [0.2, 0.25) is 10.0 Å². The summed E-state index contributed by atoms with van der Waals surface area (Å²) in [5, 5.41) is 8.73. The molecule has 0 unspecified atom stereocenters. The Morgan fingerprint density at radius 2 is 1.86 bits per heavy atom. The molecule has 2 aliphatic heterocycles. The van der Waals surface area contributed by atoms with Crippen LogP contribution in [-0.4, -0.2) is 60.2 Å². The van der Waals surface area contributed by atoms with Crippen molar-refractivity contribution in [2.45, 2.75) is 64.7 Å².